The number of carbonyl (C=O) groups is 1. The summed E-state index contributed by atoms with van der Waals surface area (Å²) in [6.07, 6.45) is 4.25. The topological polar surface area (TPSA) is 85.4 Å². The lowest BCUT2D eigenvalue weighted by Crippen LogP contribution is -2.26. The quantitative estimate of drug-likeness (QED) is 0.246. The van der Waals surface area contributed by atoms with E-state index in [4.69, 9.17) is 9.47 Å². The number of hydrogen-bond acceptors (Lipinski definition) is 8. The van der Waals surface area contributed by atoms with Crippen molar-refractivity contribution in [3.8, 4) is 11.5 Å². The Morgan fingerprint density at radius 3 is 2.75 bits per heavy atom. The molecule has 0 saturated carbocycles. The molecule has 2 aromatic carbocycles. The van der Waals surface area contributed by atoms with E-state index in [0.29, 0.717) is 36.6 Å². The number of amides is 1. The van der Waals surface area contributed by atoms with Gasteiger partial charge in [-0.3, -0.25) is 4.79 Å². The number of benzene rings is 2. The van der Waals surface area contributed by atoms with Gasteiger partial charge in [0, 0.05) is 23.2 Å². The molecule has 0 fully saturated rings. The van der Waals surface area contributed by atoms with Crippen molar-refractivity contribution in [1.29, 1.82) is 0 Å². The van der Waals surface area contributed by atoms with Crippen LogP contribution in [0.3, 0.4) is 0 Å². The van der Waals surface area contributed by atoms with Gasteiger partial charge in [-0.15, -0.1) is 0 Å². The molecule has 0 bridgehead atoms. The summed E-state index contributed by atoms with van der Waals surface area (Å²) in [6, 6.07) is 17.5. The summed E-state index contributed by atoms with van der Waals surface area (Å²) in [7, 11) is 1.62. The first kappa shape index (κ1) is 25.5. The Morgan fingerprint density at radius 1 is 1.08 bits per heavy atom. The van der Waals surface area contributed by atoms with Gasteiger partial charge in [-0.25, -0.2) is 9.97 Å². The molecule has 0 spiro atoms. The number of thiazole rings is 1. The number of nitrogens with one attached hydrogen (secondary N) is 2. The Hall–Kier alpha value is -3.56. The van der Waals surface area contributed by atoms with Crippen molar-refractivity contribution in [2.75, 3.05) is 25.6 Å². The molecule has 2 N–H and O–H groups in total. The maximum absolute atomic E-state index is 12.9. The van der Waals surface area contributed by atoms with Crippen LogP contribution in [0.25, 0.3) is 0 Å². The molecule has 7 nitrogen and oxygen atoms in total. The number of ether oxygens (including phenoxy) is 2. The zero-order valence-electron chi connectivity index (χ0n) is 20.4. The van der Waals surface area contributed by atoms with Gasteiger partial charge in [0.15, 0.2) is 16.6 Å². The van der Waals surface area contributed by atoms with E-state index in [1.807, 2.05) is 74.6 Å². The molecule has 2 aromatic heterocycles. The van der Waals surface area contributed by atoms with Gasteiger partial charge >= 0.3 is 0 Å². The van der Waals surface area contributed by atoms with Crippen LogP contribution in [0.1, 0.15) is 28.4 Å². The second kappa shape index (κ2) is 12.4. The van der Waals surface area contributed by atoms with Crippen LogP contribution >= 0.6 is 23.1 Å². The second-order valence-electron chi connectivity index (χ2n) is 7.83. The first-order valence-electron chi connectivity index (χ1n) is 11.6. The summed E-state index contributed by atoms with van der Waals surface area (Å²) >= 11 is 3.12. The van der Waals surface area contributed by atoms with Crippen molar-refractivity contribution >= 4 is 40.0 Å². The first-order valence-corrected chi connectivity index (χ1v) is 13.2. The van der Waals surface area contributed by atoms with Crippen LogP contribution in [0, 0.1) is 6.92 Å². The Labute approximate surface area is 219 Å². The summed E-state index contributed by atoms with van der Waals surface area (Å²) in [6.45, 7) is 4.97. The molecule has 9 heteroatoms. The SMILES string of the molecule is CCOc1cc(CCNC(=O)c2cc(Sc3cnc(Nc4ccccn4)s3)ccc2C)ccc1OC. The largest absolute Gasteiger partial charge is 0.493 e. The summed E-state index contributed by atoms with van der Waals surface area (Å²) in [5.41, 5.74) is 2.67. The number of hydrogen-bond donors (Lipinski definition) is 2. The van der Waals surface area contributed by atoms with E-state index in [-0.39, 0.29) is 5.91 Å². The van der Waals surface area contributed by atoms with E-state index in [2.05, 4.69) is 20.6 Å². The monoisotopic (exact) mass is 520 g/mol. The third-order valence-corrected chi connectivity index (χ3v) is 7.29. The molecule has 1 amide bonds. The zero-order valence-corrected chi connectivity index (χ0v) is 22.0. The van der Waals surface area contributed by atoms with E-state index in [1.54, 1.807) is 36.4 Å². The fourth-order valence-corrected chi connectivity index (χ4v) is 5.40. The Bertz CT molecular complexity index is 1310. The summed E-state index contributed by atoms with van der Waals surface area (Å²) in [5, 5.41) is 7.02. The van der Waals surface area contributed by atoms with Crippen molar-refractivity contribution in [2.45, 2.75) is 29.4 Å². The van der Waals surface area contributed by atoms with Crippen molar-refractivity contribution in [2.24, 2.45) is 0 Å². The highest BCUT2D eigenvalue weighted by atomic mass is 32.2. The molecule has 2 heterocycles. The Balaban J connectivity index is 1.36. The molecule has 4 aromatic rings. The summed E-state index contributed by atoms with van der Waals surface area (Å²) in [5.74, 6) is 2.08. The van der Waals surface area contributed by atoms with Crippen LogP contribution in [0.15, 0.2) is 76.1 Å². The van der Waals surface area contributed by atoms with Crippen LogP contribution in [0.4, 0.5) is 10.9 Å². The Morgan fingerprint density at radius 2 is 1.97 bits per heavy atom. The van der Waals surface area contributed by atoms with Crippen LogP contribution < -0.4 is 20.1 Å². The number of rotatable bonds is 11. The molecular formula is C27H28N4O3S2. The van der Waals surface area contributed by atoms with E-state index >= 15 is 0 Å². The summed E-state index contributed by atoms with van der Waals surface area (Å²) in [4.78, 5) is 22.6. The highest BCUT2D eigenvalue weighted by Gasteiger charge is 2.12. The average Bonchev–Trinajstić information content (AvgIpc) is 3.32. The Kier molecular flexibility index (Phi) is 8.80. The van der Waals surface area contributed by atoms with Gasteiger partial charge in [0.2, 0.25) is 0 Å². The van der Waals surface area contributed by atoms with E-state index < -0.39 is 0 Å². The molecule has 0 atom stereocenters. The van der Waals surface area contributed by atoms with Gasteiger partial charge in [0.05, 0.1) is 24.1 Å². The number of aryl methyl sites for hydroxylation is 1. The highest BCUT2D eigenvalue weighted by Crippen LogP contribution is 2.35. The lowest BCUT2D eigenvalue weighted by atomic mass is 10.1. The molecule has 0 aliphatic heterocycles. The van der Waals surface area contributed by atoms with Crippen molar-refractivity contribution in [3.63, 3.8) is 0 Å². The standard InChI is InChI=1S/C27H28N4O3S2/c1-4-34-23-15-19(9-11-22(23)33-3)12-14-29-26(32)21-16-20(10-8-18(21)2)35-25-17-30-27(36-25)31-24-7-5-6-13-28-24/h5-11,13,15-17H,4,12,14H2,1-3H3,(H,29,32)(H,28,30,31). The molecular weight excluding hydrogens is 492 g/mol. The molecule has 186 valence electrons. The minimum absolute atomic E-state index is 0.0877. The van der Waals surface area contributed by atoms with Gasteiger partial charge in [-0.2, -0.15) is 0 Å². The van der Waals surface area contributed by atoms with Crippen LogP contribution in [0.2, 0.25) is 0 Å². The lowest BCUT2D eigenvalue weighted by molar-refractivity contribution is 0.0953. The van der Waals surface area contributed by atoms with E-state index in [1.165, 1.54) is 0 Å². The van der Waals surface area contributed by atoms with E-state index in [9.17, 15) is 4.79 Å². The van der Waals surface area contributed by atoms with Crippen LogP contribution in [0.5, 0.6) is 11.5 Å². The molecule has 0 radical (unpaired) electrons. The highest BCUT2D eigenvalue weighted by molar-refractivity contribution is 8.01. The zero-order chi connectivity index (χ0) is 25.3. The lowest BCUT2D eigenvalue weighted by Gasteiger charge is -2.12. The third-order valence-electron chi connectivity index (χ3n) is 5.28. The van der Waals surface area contributed by atoms with Crippen LogP contribution in [-0.4, -0.2) is 36.1 Å². The number of anilines is 2. The minimum Gasteiger partial charge on any atom is -0.493 e. The molecule has 0 unspecified atom stereocenters. The van der Waals surface area contributed by atoms with Gasteiger partial charge < -0.3 is 20.1 Å². The number of aromatic nitrogens is 2. The second-order valence-corrected chi connectivity index (χ2v) is 10.2. The smallest absolute Gasteiger partial charge is 0.251 e. The number of pyridine rings is 1. The number of nitrogens with zero attached hydrogens (tertiary/aromatic N) is 2. The molecule has 4 rings (SSSR count). The maximum atomic E-state index is 12.9. The van der Waals surface area contributed by atoms with Gasteiger partial charge in [-0.1, -0.05) is 41.3 Å². The maximum Gasteiger partial charge on any atom is 0.251 e. The number of methoxy groups -OCH3 is 1. The predicted molar refractivity (Wildman–Crippen MR) is 145 cm³/mol. The third kappa shape index (κ3) is 6.77. The van der Waals surface area contributed by atoms with Gasteiger partial charge in [0.1, 0.15) is 5.82 Å². The van der Waals surface area contributed by atoms with Gasteiger partial charge in [0.25, 0.3) is 5.91 Å². The number of carbonyl (C=O) groups excluding carboxylic acids is 1. The van der Waals surface area contributed by atoms with Crippen molar-refractivity contribution in [3.05, 3.63) is 83.7 Å². The fraction of sp³-hybridized carbons (Fsp3) is 0.222. The molecule has 0 aliphatic carbocycles. The van der Waals surface area contributed by atoms with Gasteiger partial charge in [-0.05, 0) is 67.8 Å². The first-order chi connectivity index (χ1) is 17.6. The van der Waals surface area contributed by atoms with Crippen molar-refractivity contribution in [1.82, 2.24) is 15.3 Å². The molecule has 0 aliphatic rings. The minimum atomic E-state index is -0.0877. The fourth-order valence-electron chi connectivity index (χ4n) is 3.50. The van der Waals surface area contributed by atoms with E-state index in [0.717, 1.165) is 31.2 Å². The van der Waals surface area contributed by atoms with Crippen LogP contribution in [-0.2, 0) is 6.42 Å². The average molecular weight is 521 g/mol. The van der Waals surface area contributed by atoms with Crippen molar-refractivity contribution < 1.29 is 14.3 Å². The summed E-state index contributed by atoms with van der Waals surface area (Å²) < 4.78 is 12.0. The normalized spacial score (nSPS) is 10.6. The predicted octanol–water partition coefficient (Wildman–Crippen LogP) is 6.12. The molecule has 36 heavy (non-hydrogen) atoms. The molecule has 0 saturated heterocycles.